The lowest BCUT2D eigenvalue weighted by atomic mass is 10.2. The molecule has 0 aliphatic carbocycles. The summed E-state index contributed by atoms with van der Waals surface area (Å²) in [6, 6.07) is 2.55. The van der Waals surface area contributed by atoms with Gasteiger partial charge in [-0.2, -0.15) is 11.8 Å². The average Bonchev–Trinajstić information content (AvgIpc) is 2.40. The van der Waals surface area contributed by atoms with Gasteiger partial charge in [0.1, 0.15) is 5.82 Å². The molecule has 2 heterocycles. The number of aromatic nitrogens is 1. The van der Waals surface area contributed by atoms with E-state index in [9.17, 15) is 0 Å². The van der Waals surface area contributed by atoms with E-state index in [-0.39, 0.29) is 0 Å². The molecular formula is C14H22ClN3S. The van der Waals surface area contributed by atoms with Gasteiger partial charge in [-0.3, -0.25) is 0 Å². The summed E-state index contributed by atoms with van der Waals surface area (Å²) in [4.78, 5) is 6.90. The molecule has 1 saturated heterocycles. The SMILES string of the molecule is CCCNCc1cnc(N2CCSCC2C)c(Cl)c1. The lowest BCUT2D eigenvalue weighted by Gasteiger charge is -2.34. The first-order valence-corrected chi connectivity index (χ1v) is 8.45. The molecule has 1 aliphatic rings. The Bertz CT molecular complexity index is 414. The Kier molecular flexibility index (Phi) is 5.79. The average molecular weight is 300 g/mol. The van der Waals surface area contributed by atoms with Crippen molar-refractivity contribution < 1.29 is 0 Å². The number of anilines is 1. The molecule has 2 rings (SSSR count). The fourth-order valence-electron chi connectivity index (χ4n) is 2.23. The zero-order valence-electron chi connectivity index (χ0n) is 11.7. The molecule has 5 heteroatoms. The Morgan fingerprint density at radius 1 is 1.58 bits per heavy atom. The number of hydrogen-bond donors (Lipinski definition) is 1. The fraction of sp³-hybridized carbons (Fsp3) is 0.643. The summed E-state index contributed by atoms with van der Waals surface area (Å²) >= 11 is 8.40. The smallest absolute Gasteiger partial charge is 0.147 e. The molecule has 0 spiro atoms. The van der Waals surface area contributed by atoms with Gasteiger partial charge in [-0.05, 0) is 31.5 Å². The Labute approximate surface area is 125 Å². The van der Waals surface area contributed by atoms with Gasteiger partial charge in [0.25, 0.3) is 0 Å². The molecule has 19 heavy (non-hydrogen) atoms. The van der Waals surface area contributed by atoms with Crippen LogP contribution >= 0.6 is 23.4 Å². The molecule has 0 bridgehead atoms. The highest BCUT2D eigenvalue weighted by Crippen LogP contribution is 2.29. The third kappa shape index (κ3) is 4.01. The first-order valence-electron chi connectivity index (χ1n) is 6.92. The van der Waals surface area contributed by atoms with Crippen LogP contribution in [0.4, 0.5) is 5.82 Å². The van der Waals surface area contributed by atoms with Crippen molar-refractivity contribution in [1.82, 2.24) is 10.3 Å². The second kappa shape index (κ2) is 7.36. The maximum atomic E-state index is 6.40. The Morgan fingerprint density at radius 3 is 3.11 bits per heavy atom. The van der Waals surface area contributed by atoms with Gasteiger partial charge in [-0.1, -0.05) is 18.5 Å². The molecule has 1 unspecified atom stereocenters. The van der Waals surface area contributed by atoms with Gasteiger partial charge < -0.3 is 10.2 Å². The molecule has 106 valence electrons. The molecule has 1 aliphatic heterocycles. The minimum Gasteiger partial charge on any atom is -0.351 e. The van der Waals surface area contributed by atoms with Gasteiger partial charge >= 0.3 is 0 Å². The summed E-state index contributed by atoms with van der Waals surface area (Å²) in [7, 11) is 0. The number of pyridine rings is 1. The monoisotopic (exact) mass is 299 g/mol. The van der Waals surface area contributed by atoms with Gasteiger partial charge in [0.2, 0.25) is 0 Å². The summed E-state index contributed by atoms with van der Waals surface area (Å²) in [5.41, 5.74) is 1.15. The number of nitrogens with zero attached hydrogens (tertiary/aromatic N) is 2. The number of thioether (sulfide) groups is 1. The fourth-order valence-corrected chi connectivity index (χ4v) is 3.54. The van der Waals surface area contributed by atoms with E-state index in [1.807, 2.05) is 24.0 Å². The van der Waals surface area contributed by atoms with Crippen LogP contribution in [0.1, 0.15) is 25.8 Å². The molecule has 1 aromatic heterocycles. The van der Waals surface area contributed by atoms with Crippen LogP contribution in [-0.4, -0.2) is 35.6 Å². The van der Waals surface area contributed by atoms with E-state index in [1.165, 1.54) is 0 Å². The van der Waals surface area contributed by atoms with E-state index in [0.717, 1.165) is 54.0 Å². The Balaban J connectivity index is 2.05. The first kappa shape index (κ1) is 14.9. The molecule has 0 aromatic carbocycles. The van der Waals surface area contributed by atoms with Crippen LogP contribution in [0.5, 0.6) is 0 Å². The van der Waals surface area contributed by atoms with Crippen molar-refractivity contribution in [3.05, 3.63) is 22.8 Å². The lowest BCUT2D eigenvalue weighted by Crippen LogP contribution is -2.41. The molecule has 1 fully saturated rings. The van der Waals surface area contributed by atoms with Crippen LogP contribution in [0.15, 0.2) is 12.3 Å². The van der Waals surface area contributed by atoms with Crippen LogP contribution in [0.2, 0.25) is 5.02 Å². The summed E-state index contributed by atoms with van der Waals surface area (Å²) in [6.45, 7) is 7.30. The summed E-state index contributed by atoms with van der Waals surface area (Å²) in [6.07, 6.45) is 3.08. The summed E-state index contributed by atoms with van der Waals surface area (Å²) in [5, 5.41) is 4.14. The van der Waals surface area contributed by atoms with Gasteiger partial charge in [-0.15, -0.1) is 0 Å². The van der Waals surface area contributed by atoms with Crippen LogP contribution in [0.3, 0.4) is 0 Å². The van der Waals surface area contributed by atoms with Crippen molar-refractivity contribution in [3.8, 4) is 0 Å². The highest BCUT2D eigenvalue weighted by atomic mass is 35.5. The third-order valence-corrected chi connectivity index (χ3v) is 4.74. The number of nitrogens with one attached hydrogen (secondary N) is 1. The quantitative estimate of drug-likeness (QED) is 0.845. The van der Waals surface area contributed by atoms with Crippen LogP contribution < -0.4 is 10.2 Å². The molecule has 1 N–H and O–H groups in total. The highest BCUT2D eigenvalue weighted by Gasteiger charge is 2.22. The van der Waals surface area contributed by atoms with E-state index in [0.29, 0.717) is 6.04 Å². The third-order valence-electron chi connectivity index (χ3n) is 3.27. The molecule has 1 atom stereocenters. The van der Waals surface area contributed by atoms with Crippen LogP contribution in [0, 0.1) is 0 Å². The molecular weight excluding hydrogens is 278 g/mol. The van der Waals surface area contributed by atoms with Crippen LogP contribution in [0.25, 0.3) is 0 Å². The van der Waals surface area contributed by atoms with Gasteiger partial charge in [0, 0.05) is 36.8 Å². The summed E-state index contributed by atoms with van der Waals surface area (Å²) in [5.74, 6) is 3.24. The van der Waals surface area contributed by atoms with Gasteiger partial charge in [0.15, 0.2) is 0 Å². The Hall–Kier alpha value is -0.450. The highest BCUT2D eigenvalue weighted by molar-refractivity contribution is 7.99. The maximum Gasteiger partial charge on any atom is 0.147 e. The molecule has 0 saturated carbocycles. The normalized spacial score (nSPS) is 19.7. The standard InChI is InChI=1S/C14H22ClN3S/c1-3-4-16-8-12-7-13(15)14(17-9-12)18-5-6-19-10-11(18)2/h7,9,11,16H,3-6,8,10H2,1-2H3. The van der Waals surface area contributed by atoms with Crippen molar-refractivity contribution in [2.75, 3.05) is 29.5 Å². The number of hydrogen-bond acceptors (Lipinski definition) is 4. The largest absolute Gasteiger partial charge is 0.351 e. The van der Waals surface area contributed by atoms with Gasteiger partial charge in [-0.25, -0.2) is 4.98 Å². The van der Waals surface area contributed by atoms with E-state index >= 15 is 0 Å². The minimum atomic E-state index is 0.507. The van der Waals surface area contributed by atoms with Crippen LogP contribution in [-0.2, 0) is 6.54 Å². The van der Waals surface area contributed by atoms with E-state index in [4.69, 9.17) is 11.6 Å². The number of halogens is 1. The van der Waals surface area contributed by atoms with E-state index in [2.05, 4.69) is 29.0 Å². The lowest BCUT2D eigenvalue weighted by molar-refractivity contribution is 0.670. The number of rotatable bonds is 5. The topological polar surface area (TPSA) is 28.2 Å². The first-order chi connectivity index (χ1) is 9.22. The maximum absolute atomic E-state index is 6.40. The van der Waals surface area contributed by atoms with E-state index in [1.54, 1.807) is 0 Å². The minimum absolute atomic E-state index is 0.507. The summed E-state index contributed by atoms with van der Waals surface area (Å²) < 4.78 is 0. The predicted molar refractivity (Wildman–Crippen MR) is 85.4 cm³/mol. The zero-order chi connectivity index (χ0) is 13.7. The Morgan fingerprint density at radius 2 is 2.42 bits per heavy atom. The van der Waals surface area contributed by atoms with Gasteiger partial charge in [0.05, 0.1) is 5.02 Å². The van der Waals surface area contributed by atoms with Crippen molar-refractivity contribution in [2.45, 2.75) is 32.9 Å². The molecule has 0 amide bonds. The molecule has 0 radical (unpaired) electrons. The van der Waals surface area contributed by atoms with Crippen molar-refractivity contribution in [2.24, 2.45) is 0 Å². The second-order valence-corrected chi connectivity index (χ2v) is 6.50. The van der Waals surface area contributed by atoms with E-state index < -0.39 is 0 Å². The van der Waals surface area contributed by atoms with Crippen molar-refractivity contribution in [3.63, 3.8) is 0 Å². The molecule has 1 aromatic rings. The molecule has 3 nitrogen and oxygen atoms in total. The van der Waals surface area contributed by atoms with Crippen molar-refractivity contribution in [1.29, 1.82) is 0 Å². The second-order valence-electron chi connectivity index (χ2n) is 4.94. The van der Waals surface area contributed by atoms with Crippen molar-refractivity contribution >= 4 is 29.2 Å². The predicted octanol–water partition coefficient (Wildman–Crippen LogP) is 3.18. The zero-order valence-corrected chi connectivity index (χ0v) is 13.2.